The van der Waals surface area contributed by atoms with Crippen LogP contribution in [0.25, 0.3) is 21.8 Å². The Kier molecular flexibility index (Phi) is 10.8. The molecule has 0 saturated heterocycles. The number of nitrogens with one attached hydrogen (secondary N) is 4. The summed E-state index contributed by atoms with van der Waals surface area (Å²) in [6.07, 6.45) is 10.6. The Morgan fingerprint density at radius 2 is 1.44 bits per heavy atom. The van der Waals surface area contributed by atoms with E-state index in [-0.39, 0.29) is 23.2 Å². The Morgan fingerprint density at radius 1 is 0.695 bits per heavy atom. The predicted octanol–water partition coefficient (Wildman–Crippen LogP) is 9.80. The molecule has 8 aromatic rings. The van der Waals surface area contributed by atoms with Crippen LogP contribution in [0.4, 0.5) is 48.6 Å². The van der Waals surface area contributed by atoms with Crippen molar-refractivity contribution < 1.29 is 28.0 Å². The molecule has 8 rings (SSSR count). The number of carboxylic acids is 1. The number of fused-ring (bicyclic) bond motifs is 2. The molecule has 4 aromatic carbocycles. The molecule has 0 fully saturated rings. The van der Waals surface area contributed by atoms with Crippen LogP contribution in [0.15, 0.2) is 146 Å². The number of pyridine rings is 4. The maximum atomic E-state index is 14.7. The van der Waals surface area contributed by atoms with Crippen molar-refractivity contribution in [3.63, 3.8) is 0 Å². The number of amides is 1. The van der Waals surface area contributed by atoms with Crippen molar-refractivity contribution >= 4 is 73.5 Å². The van der Waals surface area contributed by atoms with E-state index in [2.05, 4.69) is 43.1 Å². The first kappa shape index (κ1) is 38.1. The highest BCUT2D eigenvalue weighted by molar-refractivity contribution is 6.06. The Balaban J connectivity index is 1.08. The van der Waals surface area contributed by atoms with E-state index in [1.165, 1.54) is 36.4 Å². The molecule has 13 heteroatoms. The summed E-state index contributed by atoms with van der Waals surface area (Å²) < 4.78 is 31.0. The lowest BCUT2D eigenvalue weighted by atomic mass is 9.95. The van der Waals surface area contributed by atoms with E-state index in [0.29, 0.717) is 68.9 Å². The van der Waals surface area contributed by atoms with Crippen LogP contribution >= 0.6 is 0 Å². The molecule has 0 spiro atoms. The van der Waals surface area contributed by atoms with E-state index in [9.17, 15) is 23.5 Å². The van der Waals surface area contributed by atoms with E-state index in [0.717, 1.165) is 16.8 Å². The third-order valence-electron chi connectivity index (χ3n) is 9.75. The van der Waals surface area contributed by atoms with Crippen molar-refractivity contribution in [2.24, 2.45) is 5.92 Å². The van der Waals surface area contributed by atoms with Gasteiger partial charge in [-0.05, 0) is 96.9 Å². The van der Waals surface area contributed by atoms with Crippen molar-refractivity contribution in [1.82, 2.24) is 15.0 Å². The zero-order valence-electron chi connectivity index (χ0n) is 31.7. The quantitative estimate of drug-likeness (QED) is 0.0722. The first-order chi connectivity index (χ1) is 28.6. The van der Waals surface area contributed by atoms with Crippen LogP contribution in [-0.4, -0.2) is 31.9 Å². The molecule has 0 aliphatic carbocycles. The number of rotatable bonds is 13. The van der Waals surface area contributed by atoms with Gasteiger partial charge in [0.05, 0.1) is 45.9 Å². The lowest BCUT2D eigenvalue weighted by Gasteiger charge is -2.17. The highest BCUT2D eigenvalue weighted by Crippen LogP contribution is 2.30. The molecule has 0 aliphatic heterocycles. The molecular formula is C46H37F2N8O3+. The second kappa shape index (κ2) is 16.7. The molecule has 1 amide bonds. The van der Waals surface area contributed by atoms with E-state index in [4.69, 9.17) is 0 Å². The third-order valence-corrected chi connectivity index (χ3v) is 9.75. The van der Waals surface area contributed by atoms with Crippen LogP contribution in [0.5, 0.6) is 0 Å². The number of hydrogen-bond donors (Lipinski definition) is 5. The van der Waals surface area contributed by atoms with Gasteiger partial charge in [0.2, 0.25) is 5.52 Å². The zero-order chi connectivity index (χ0) is 40.9. The molecular weight excluding hydrogens is 751 g/mol. The Labute approximate surface area is 337 Å². The summed E-state index contributed by atoms with van der Waals surface area (Å²) in [6, 6.07) is 30.0. The van der Waals surface area contributed by atoms with Gasteiger partial charge in [0.25, 0.3) is 5.91 Å². The third kappa shape index (κ3) is 8.94. The minimum Gasteiger partial charge on any atom is -0.478 e. The summed E-state index contributed by atoms with van der Waals surface area (Å²) in [6.45, 7) is 2.61. The van der Waals surface area contributed by atoms with Crippen molar-refractivity contribution in [3.05, 3.63) is 175 Å². The molecule has 0 bridgehead atoms. The monoisotopic (exact) mass is 787 g/mol. The van der Waals surface area contributed by atoms with Crippen molar-refractivity contribution in [3.8, 4) is 0 Å². The number of aromatic carboxylic acids is 1. The van der Waals surface area contributed by atoms with Gasteiger partial charge in [-0.1, -0.05) is 19.1 Å². The number of halogens is 2. The number of hydrogen-bond acceptors (Lipinski definition) is 8. The molecule has 1 atom stereocenters. The minimum absolute atomic E-state index is 0.00802. The number of benzene rings is 4. The Bertz CT molecular complexity index is 2860. The van der Waals surface area contributed by atoms with Gasteiger partial charge in [0, 0.05) is 70.3 Å². The van der Waals surface area contributed by atoms with Gasteiger partial charge >= 0.3 is 5.97 Å². The fourth-order valence-corrected chi connectivity index (χ4v) is 7.04. The highest BCUT2D eigenvalue weighted by Gasteiger charge is 2.21. The molecule has 59 heavy (non-hydrogen) atoms. The summed E-state index contributed by atoms with van der Waals surface area (Å²) >= 11 is 0. The molecule has 11 nitrogen and oxygen atoms in total. The summed E-state index contributed by atoms with van der Waals surface area (Å²) in [5, 5.41) is 23.6. The fraction of sp³-hybridized carbons (Fsp3) is 0.0870. The smallest absolute Gasteiger partial charge is 0.335 e. The predicted molar refractivity (Wildman–Crippen MR) is 225 cm³/mol. The van der Waals surface area contributed by atoms with Gasteiger partial charge in [-0.25, -0.2) is 13.6 Å². The second-order valence-electron chi connectivity index (χ2n) is 14.2. The first-order valence-electron chi connectivity index (χ1n) is 18.7. The highest BCUT2D eigenvalue weighted by atomic mass is 19.1. The average Bonchev–Trinajstić information content (AvgIpc) is 3.23. The van der Waals surface area contributed by atoms with Crippen LogP contribution in [0.3, 0.4) is 0 Å². The van der Waals surface area contributed by atoms with Crippen LogP contribution in [0.1, 0.15) is 33.2 Å². The van der Waals surface area contributed by atoms with Crippen LogP contribution in [0, 0.1) is 17.6 Å². The minimum atomic E-state index is -1.05. The van der Waals surface area contributed by atoms with Crippen LogP contribution in [-0.2, 0) is 13.0 Å². The number of nitrogens with zero attached hydrogens (tertiary/aromatic N) is 4. The molecule has 1 unspecified atom stereocenters. The number of carboxylic acid groups (broad SMARTS) is 1. The van der Waals surface area contributed by atoms with Gasteiger partial charge in [0.15, 0.2) is 12.7 Å². The summed E-state index contributed by atoms with van der Waals surface area (Å²) in [4.78, 5) is 38.5. The Hall–Kier alpha value is -7.80. The molecule has 0 radical (unpaired) electrons. The lowest BCUT2D eigenvalue weighted by molar-refractivity contribution is -0.677. The molecule has 4 aromatic heterocycles. The van der Waals surface area contributed by atoms with Crippen molar-refractivity contribution in [2.45, 2.75) is 19.9 Å². The zero-order valence-corrected chi connectivity index (χ0v) is 31.7. The maximum Gasteiger partial charge on any atom is 0.335 e. The second-order valence-corrected chi connectivity index (χ2v) is 14.2. The normalized spacial score (nSPS) is 11.6. The van der Waals surface area contributed by atoms with Crippen LogP contribution in [0.2, 0.25) is 0 Å². The summed E-state index contributed by atoms with van der Waals surface area (Å²) in [5.41, 5.74) is 7.14. The van der Waals surface area contributed by atoms with Gasteiger partial charge < -0.3 is 26.4 Å². The van der Waals surface area contributed by atoms with Gasteiger partial charge in [-0.2, -0.15) is 4.57 Å². The van der Waals surface area contributed by atoms with Gasteiger partial charge in [-0.3, -0.25) is 19.7 Å². The average molecular weight is 788 g/mol. The van der Waals surface area contributed by atoms with Crippen molar-refractivity contribution in [1.29, 1.82) is 0 Å². The molecule has 0 saturated carbocycles. The first-order valence-corrected chi connectivity index (χ1v) is 18.7. The summed E-state index contributed by atoms with van der Waals surface area (Å²) in [7, 11) is 0. The molecule has 5 N–H and O–H groups in total. The fourth-order valence-electron chi connectivity index (χ4n) is 7.04. The maximum absolute atomic E-state index is 14.7. The molecule has 292 valence electrons. The molecule has 0 aliphatic rings. The standard InChI is InChI=1S/C46H36F2N8O3/c1-28(27-56-18-14-43(40-22-32(48)7-10-44(40)56)53-34-4-2-3-30(20-34)46(58)59)19-29-5-8-35(54-42-13-17-51-41-9-6-31(47)21-39(41)42)24-38(29)45(57)55-37-23-36(25-50-26-37)52-33-11-15-49-16-12-33/h2-18,20-26,28H,19,27H2,1H3,(H4,49,51,52,54,55,57,58,59)/p+1. The number of carbonyl (C=O) groups excluding carboxylic acids is 1. The topological polar surface area (TPSA) is 145 Å². The van der Waals surface area contributed by atoms with E-state index < -0.39 is 11.8 Å². The summed E-state index contributed by atoms with van der Waals surface area (Å²) in [5.74, 6) is -2.20. The molecule has 4 heterocycles. The largest absolute Gasteiger partial charge is 0.478 e. The van der Waals surface area contributed by atoms with Crippen molar-refractivity contribution in [2.75, 3.05) is 21.3 Å². The lowest BCUT2D eigenvalue weighted by Crippen LogP contribution is -2.38. The number of aromatic nitrogens is 4. The van der Waals surface area contributed by atoms with Crippen LogP contribution < -0.4 is 25.8 Å². The van der Waals surface area contributed by atoms with E-state index in [1.807, 2.05) is 41.1 Å². The Morgan fingerprint density at radius 3 is 2.25 bits per heavy atom. The number of anilines is 7. The van der Waals surface area contributed by atoms with Gasteiger partial charge in [-0.15, -0.1) is 0 Å². The van der Waals surface area contributed by atoms with E-state index in [1.54, 1.807) is 73.4 Å². The SMILES string of the molecule is CC(Cc1ccc(Nc2ccnc3ccc(F)cc23)cc1C(=O)Nc1cncc(Nc2ccncc2)c1)C[n+]1ccc(Nc2cccc(C(=O)O)c2)c2cc(F)ccc21. The van der Waals surface area contributed by atoms with E-state index >= 15 is 0 Å². The number of carbonyl (C=O) groups is 2. The van der Waals surface area contributed by atoms with Gasteiger partial charge in [0.1, 0.15) is 11.6 Å².